The molecule has 2 rings (SSSR count). The predicted molar refractivity (Wildman–Crippen MR) is 82.4 cm³/mol. The van der Waals surface area contributed by atoms with Crippen molar-refractivity contribution in [1.29, 1.82) is 0 Å². The quantitative estimate of drug-likeness (QED) is 0.850. The zero-order chi connectivity index (χ0) is 14.7. The van der Waals surface area contributed by atoms with Crippen LogP contribution in [-0.2, 0) is 0 Å². The highest BCUT2D eigenvalue weighted by Crippen LogP contribution is 2.34. The Kier molecular flexibility index (Phi) is 4.46. The lowest BCUT2D eigenvalue weighted by atomic mass is 10.0. The third-order valence-electron chi connectivity index (χ3n) is 3.38. The normalized spacial score (nSPS) is 12.5. The molecule has 20 heavy (non-hydrogen) atoms. The van der Waals surface area contributed by atoms with Crippen LogP contribution in [-0.4, -0.2) is 5.11 Å². The van der Waals surface area contributed by atoms with Gasteiger partial charge in [0.05, 0.1) is 6.10 Å². The molecule has 0 aliphatic heterocycles. The van der Waals surface area contributed by atoms with Gasteiger partial charge in [-0.15, -0.1) is 0 Å². The number of para-hydroxylation sites is 1. The SMILES string of the molecule is Cc1ccc(C(C)C)c(Oc2ccccc2[C@H](C)O)c1. The summed E-state index contributed by atoms with van der Waals surface area (Å²) >= 11 is 0. The predicted octanol–water partition coefficient (Wildman–Crippen LogP) is 4.96. The third kappa shape index (κ3) is 3.20. The molecular weight excluding hydrogens is 248 g/mol. The lowest BCUT2D eigenvalue weighted by Crippen LogP contribution is -1.99. The van der Waals surface area contributed by atoms with Gasteiger partial charge in [0.25, 0.3) is 0 Å². The van der Waals surface area contributed by atoms with E-state index in [0.717, 1.165) is 17.1 Å². The second-order valence-corrected chi connectivity index (χ2v) is 5.51. The molecule has 2 aromatic rings. The number of hydrogen-bond acceptors (Lipinski definition) is 2. The van der Waals surface area contributed by atoms with E-state index in [2.05, 4.69) is 32.9 Å². The number of aliphatic hydroxyl groups is 1. The molecule has 0 heterocycles. The molecule has 0 spiro atoms. The van der Waals surface area contributed by atoms with E-state index in [9.17, 15) is 5.11 Å². The average molecular weight is 270 g/mol. The molecular formula is C18H22O2. The van der Waals surface area contributed by atoms with Gasteiger partial charge in [-0.25, -0.2) is 0 Å². The maximum Gasteiger partial charge on any atom is 0.133 e. The first kappa shape index (κ1) is 14.6. The molecule has 1 atom stereocenters. The van der Waals surface area contributed by atoms with Crippen molar-refractivity contribution in [2.45, 2.75) is 39.7 Å². The fourth-order valence-electron chi connectivity index (χ4n) is 2.24. The minimum absolute atomic E-state index is 0.393. The molecule has 2 nitrogen and oxygen atoms in total. The van der Waals surface area contributed by atoms with Gasteiger partial charge in [-0.3, -0.25) is 0 Å². The summed E-state index contributed by atoms with van der Waals surface area (Å²) in [4.78, 5) is 0. The monoisotopic (exact) mass is 270 g/mol. The fraction of sp³-hybridized carbons (Fsp3) is 0.333. The molecule has 0 unspecified atom stereocenters. The van der Waals surface area contributed by atoms with Crippen LogP contribution in [0.2, 0.25) is 0 Å². The van der Waals surface area contributed by atoms with Crippen LogP contribution in [0, 0.1) is 6.92 Å². The van der Waals surface area contributed by atoms with Crippen molar-refractivity contribution in [3.63, 3.8) is 0 Å². The first-order valence-corrected chi connectivity index (χ1v) is 7.04. The van der Waals surface area contributed by atoms with Crippen LogP contribution >= 0.6 is 0 Å². The van der Waals surface area contributed by atoms with Crippen molar-refractivity contribution in [3.05, 3.63) is 59.2 Å². The maximum absolute atomic E-state index is 9.84. The molecule has 2 heteroatoms. The number of benzene rings is 2. The summed E-state index contributed by atoms with van der Waals surface area (Å²) in [5.41, 5.74) is 3.15. The summed E-state index contributed by atoms with van der Waals surface area (Å²) in [6.45, 7) is 8.11. The Hall–Kier alpha value is -1.80. The van der Waals surface area contributed by atoms with Gasteiger partial charge in [0.15, 0.2) is 0 Å². The van der Waals surface area contributed by atoms with Crippen molar-refractivity contribution < 1.29 is 9.84 Å². The minimum atomic E-state index is -0.543. The topological polar surface area (TPSA) is 29.5 Å². The highest BCUT2D eigenvalue weighted by atomic mass is 16.5. The van der Waals surface area contributed by atoms with Gasteiger partial charge in [-0.05, 0) is 43.0 Å². The van der Waals surface area contributed by atoms with E-state index in [4.69, 9.17) is 4.74 Å². The van der Waals surface area contributed by atoms with Crippen molar-refractivity contribution >= 4 is 0 Å². The van der Waals surface area contributed by atoms with E-state index in [-0.39, 0.29) is 0 Å². The number of rotatable bonds is 4. The fourth-order valence-corrected chi connectivity index (χ4v) is 2.24. The van der Waals surface area contributed by atoms with Crippen LogP contribution in [0.25, 0.3) is 0 Å². The molecule has 0 aliphatic carbocycles. The summed E-state index contributed by atoms with van der Waals surface area (Å²) in [6, 6.07) is 13.9. The maximum atomic E-state index is 9.84. The Balaban J connectivity index is 2.42. The summed E-state index contributed by atoms with van der Waals surface area (Å²) in [5, 5.41) is 9.84. The molecule has 0 radical (unpaired) electrons. The summed E-state index contributed by atoms with van der Waals surface area (Å²) in [7, 11) is 0. The summed E-state index contributed by atoms with van der Waals surface area (Å²) in [5.74, 6) is 1.98. The van der Waals surface area contributed by atoms with E-state index < -0.39 is 6.10 Å². The van der Waals surface area contributed by atoms with Crippen LogP contribution in [0.3, 0.4) is 0 Å². The van der Waals surface area contributed by atoms with Crippen molar-refractivity contribution in [2.75, 3.05) is 0 Å². The highest BCUT2D eigenvalue weighted by Gasteiger charge is 2.13. The van der Waals surface area contributed by atoms with Gasteiger partial charge in [-0.2, -0.15) is 0 Å². The van der Waals surface area contributed by atoms with E-state index in [0.29, 0.717) is 5.92 Å². The summed E-state index contributed by atoms with van der Waals surface area (Å²) < 4.78 is 6.08. The number of aryl methyl sites for hydroxylation is 1. The molecule has 0 aromatic heterocycles. The van der Waals surface area contributed by atoms with Gasteiger partial charge >= 0.3 is 0 Å². The van der Waals surface area contributed by atoms with Crippen molar-refractivity contribution in [2.24, 2.45) is 0 Å². The lowest BCUT2D eigenvalue weighted by Gasteiger charge is -2.17. The molecule has 0 saturated heterocycles. The Morgan fingerprint density at radius 2 is 1.60 bits per heavy atom. The minimum Gasteiger partial charge on any atom is -0.457 e. The first-order valence-electron chi connectivity index (χ1n) is 7.04. The summed E-state index contributed by atoms with van der Waals surface area (Å²) in [6.07, 6.45) is -0.543. The Morgan fingerprint density at radius 3 is 2.25 bits per heavy atom. The van der Waals surface area contributed by atoms with Crippen LogP contribution in [0.4, 0.5) is 0 Å². The molecule has 0 amide bonds. The van der Waals surface area contributed by atoms with Gasteiger partial charge in [0.2, 0.25) is 0 Å². The van der Waals surface area contributed by atoms with Crippen LogP contribution < -0.4 is 4.74 Å². The van der Waals surface area contributed by atoms with E-state index in [1.807, 2.05) is 30.3 Å². The van der Waals surface area contributed by atoms with Gasteiger partial charge in [-0.1, -0.05) is 44.2 Å². The van der Waals surface area contributed by atoms with Gasteiger partial charge in [0, 0.05) is 5.56 Å². The first-order chi connectivity index (χ1) is 9.49. The Labute approximate surface area is 121 Å². The van der Waals surface area contributed by atoms with Crippen LogP contribution in [0.5, 0.6) is 11.5 Å². The molecule has 0 fully saturated rings. The Morgan fingerprint density at radius 1 is 0.900 bits per heavy atom. The Bertz CT molecular complexity index is 586. The third-order valence-corrected chi connectivity index (χ3v) is 3.38. The molecule has 0 saturated carbocycles. The second kappa shape index (κ2) is 6.10. The van der Waals surface area contributed by atoms with Crippen molar-refractivity contribution in [3.8, 4) is 11.5 Å². The molecule has 0 aliphatic rings. The van der Waals surface area contributed by atoms with Gasteiger partial charge in [0.1, 0.15) is 11.5 Å². The number of aliphatic hydroxyl groups excluding tert-OH is 1. The number of ether oxygens (including phenoxy) is 1. The zero-order valence-corrected chi connectivity index (χ0v) is 12.6. The van der Waals surface area contributed by atoms with Gasteiger partial charge < -0.3 is 9.84 Å². The molecule has 2 aromatic carbocycles. The van der Waals surface area contributed by atoms with Crippen molar-refractivity contribution in [1.82, 2.24) is 0 Å². The lowest BCUT2D eigenvalue weighted by molar-refractivity contribution is 0.195. The average Bonchev–Trinajstić information content (AvgIpc) is 2.38. The molecule has 1 N–H and O–H groups in total. The van der Waals surface area contributed by atoms with E-state index in [1.165, 1.54) is 11.1 Å². The second-order valence-electron chi connectivity index (χ2n) is 5.51. The number of hydrogen-bond donors (Lipinski definition) is 1. The van der Waals surface area contributed by atoms with Crippen LogP contribution in [0.15, 0.2) is 42.5 Å². The largest absolute Gasteiger partial charge is 0.457 e. The highest BCUT2D eigenvalue weighted by molar-refractivity contribution is 5.44. The zero-order valence-electron chi connectivity index (χ0n) is 12.6. The van der Waals surface area contributed by atoms with E-state index in [1.54, 1.807) is 6.92 Å². The van der Waals surface area contributed by atoms with E-state index >= 15 is 0 Å². The standard InChI is InChI=1S/C18H22O2/c1-12(2)15-10-9-13(3)11-18(15)20-17-8-6-5-7-16(17)14(4)19/h5-12,14,19H,1-4H3/t14-/m0/s1. The molecule has 0 bridgehead atoms. The molecule has 106 valence electrons. The smallest absolute Gasteiger partial charge is 0.133 e. The van der Waals surface area contributed by atoms with Crippen LogP contribution in [0.1, 0.15) is 49.5 Å².